The number of hydrogen-bond acceptors (Lipinski definition) is 12. The molecule has 4 fully saturated rings. The monoisotopic (exact) mass is 852 g/mol. The lowest BCUT2D eigenvalue weighted by Gasteiger charge is -2.67. The number of nitrogens with one attached hydrogen (secondary N) is 1. The highest BCUT2D eigenvalue weighted by atomic mass is 16.5. The predicted molar refractivity (Wildman–Crippen MR) is 232 cm³/mol. The Hall–Kier alpha value is -6.40. The number of nitrogens with zero attached hydrogens (tertiary/aromatic N) is 6. The lowest BCUT2D eigenvalue weighted by atomic mass is 9.48. The van der Waals surface area contributed by atoms with Gasteiger partial charge in [-0.3, -0.25) is 44.1 Å². The fraction of sp³-hybridized carbons (Fsp3) is 0.458. The number of fused-ring (bicyclic) bond motifs is 2. The van der Waals surface area contributed by atoms with Gasteiger partial charge in [-0.15, -0.1) is 0 Å². The van der Waals surface area contributed by atoms with Crippen molar-refractivity contribution in [3.63, 3.8) is 0 Å². The highest BCUT2D eigenvalue weighted by Gasteiger charge is 2.65. The summed E-state index contributed by atoms with van der Waals surface area (Å²) in [5.41, 5.74) is 6.92. The molecular weight excluding hydrogens is 801 g/mol. The first-order valence-electron chi connectivity index (χ1n) is 21.9. The third-order valence-corrected chi connectivity index (χ3v) is 14.1. The van der Waals surface area contributed by atoms with Crippen molar-refractivity contribution in [1.29, 1.82) is 5.26 Å². The topological polar surface area (TPSA) is 201 Å². The molecule has 5 amide bonds. The number of imide groups is 2. The van der Waals surface area contributed by atoms with Crippen LogP contribution in [-0.4, -0.2) is 99.8 Å². The average Bonchev–Trinajstić information content (AvgIpc) is 3.49. The summed E-state index contributed by atoms with van der Waals surface area (Å²) in [6, 6.07) is 17.4. The lowest BCUT2D eigenvalue weighted by molar-refractivity contribution is -0.215. The smallest absolute Gasteiger partial charge is 0.262 e. The summed E-state index contributed by atoms with van der Waals surface area (Å²) < 4.78 is 13.4. The molecule has 1 atom stereocenters. The Morgan fingerprint density at radius 1 is 0.905 bits per heavy atom. The van der Waals surface area contributed by atoms with E-state index in [9.17, 15) is 29.2 Å². The van der Waals surface area contributed by atoms with Crippen LogP contribution in [-0.2, 0) is 9.59 Å². The molecule has 0 spiro atoms. The zero-order valence-electron chi connectivity index (χ0n) is 36.0. The molecule has 2 saturated heterocycles. The molecule has 63 heavy (non-hydrogen) atoms. The molecule has 2 saturated carbocycles. The number of nitrogens with two attached hydrogens (primary N) is 1. The number of piperidine rings is 2. The molecule has 2 aliphatic carbocycles. The maximum atomic E-state index is 13.5. The number of anilines is 1. The number of rotatable bonds is 12. The van der Waals surface area contributed by atoms with E-state index in [0.29, 0.717) is 34.2 Å². The molecule has 5 heterocycles. The Morgan fingerprint density at radius 2 is 1.63 bits per heavy atom. The number of benzene rings is 2. The van der Waals surface area contributed by atoms with E-state index in [1.54, 1.807) is 42.7 Å². The van der Waals surface area contributed by atoms with Gasteiger partial charge in [-0.05, 0) is 98.5 Å². The first kappa shape index (κ1) is 41.9. The summed E-state index contributed by atoms with van der Waals surface area (Å²) in [5.74, 6) is 0.220. The number of carbonyl (C=O) groups excluding carboxylic acids is 5. The van der Waals surface area contributed by atoms with Crippen molar-refractivity contribution >= 4 is 46.3 Å². The number of carbonyl (C=O) groups is 5. The Kier molecular flexibility index (Phi) is 10.7. The Labute approximate surface area is 365 Å². The molecule has 3 N–H and O–H groups in total. The number of aromatic nitrogens is 2. The van der Waals surface area contributed by atoms with Crippen molar-refractivity contribution in [2.45, 2.75) is 90.5 Å². The van der Waals surface area contributed by atoms with Crippen LogP contribution in [0.3, 0.4) is 0 Å². The first-order chi connectivity index (χ1) is 30.1. The number of pyridine rings is 2. The van der Waals surface area contributed by atoms with Gasteiger partial charge in [-0.25, -0.2) is 4.98 Å². The standard InChI is InChI=1S/C48H52N8O7/c1-47(2)45(48(3,4)46(47)63-37-12-7-29(23-49)40-34(37)6-5-17-51-40)55(25-27-15-18-54(19-16-27)38-13-8-30(24-52-38)41(50)58)26-28-20-32(21-28)62-31-9-10-33-35(22-31)44(61)56(43(33)60)36-11-14-39(57)53-42(36)59/h5-10,12-13,17,22,24,27-28,32,36,45-46H,11,14-16,18-21,25-26H2,1-4H3,(H2,50,58)(H,53,57,59). The number of nitriles is 1. The van der Waals surface area contributed by atoms with Crippen LogP contribution in [0.4, 0.5) is 5.82 Å². The van der Waals surface area contributed by atoms with Crippen molar-refractivity contribution in [2.75, 3.05) is 31.1 Å². The largest absolute Gasteiger partial charge is 0.490 e. The fourth-order valence-electron chi connectivity index (χ4n) is 11.5. The van der Waals surface area contributed by atoms with Gasteiger partial charge in [0, 0.05) is 67.3 Å². The van der Waals surface area contributed by atoms with Crippen LogP contribution in [0.1, 0.15) is 103 Å². The summed E-state index contributed by atoms with van der Waals surface area (Å²) >= 11 is 0. The van der Waals surface area contributed by atoms with Gasteiger partial charge in [-0.1, -0.05) is 27.7 Å². The van der Waals surface area contributed by atoms with E-state index >= 15 is 0 Å². The van der Waals surface area contributed by atoms with Gasteiger partial charge >= 0.3 is 0 Å². The number of amides is 5. The van der Waals surface area contributed by atoms with Crippen LogP contribution in [0.25, 0.3) is 10.9 Å². The van der Waals surface area contributed by atoms with E-state index in [4.69, 9.17) is 15.2 Å². The van der Waals surface area contributed by atoms with Gasteiger partial charge in [0.15, 0.2) is 0 Å². The molecule has 9 rings (SSSR count). The molecule has 0 radical (unpaired) electrons. The van der Waals surface area contributed by atoms with Crippen LogP contribution in [0.5, 0.6) is 11.5 Å². The first-order valence-corrected chi connectivity index (χ1v) is 21.9. The molecule has 2 aromatic heterocycles. The van der Waals surface area contributed by atoms with Crippen LogP contribution in [0, 0.1) is 34.0 Å². The summed E-state index contributed by atoms with van der Waals surface area (Å²) in [6.45, 7) is 12.7. The summed E-state index contributed by atoms with van der Waals surface area (Å²) in [7, 11) is 0. The SMILES string of the molecule is CC1(C)C(Oc2ccc(C#N)c3ncccc23)C(C)(C)C1N(CC1CCN(c2ccc(C(N)=O)cn2)CC1)CC1CC(Oc2ccc3c(c2)C(=O)N(C2CCC(=O)NC2=O)C3=O)C1. The molecule has 15 heteroatoms. The van der Waals surface area contributed by atoms with Crippen LogP contribution >= 0.6 is 0 Å². The van der Waals surface area contributed by atoms with Gasteiger partial charge in [0.2, 0.25) is 17.7 Å². The van der Waals surface area contributed by atoms with Gasteiger partial charge in [0.1, 0.15) is 35.5 Å². The van der Waals surface area contributed by atoms with Crippen molar-refractivity contribution < 1.29 is 33.4 Å². The molecule has 1 unspecified atom stereocenters. The van der Waals surface area contributed by atoms with E-state index < -0.39 is 35.6 Å². The van der Waals surface area contributed by atoms with Crippen molar-refractivity contribution in [2.24, 2.45) is 28.4 Å². The second-order valence-corrected chi connectivity index (χ2v) is 19.1. The van der Waals surface area contributed by atoms with Gasteiger partial charge < -0.3 is 20.1 Å². The molecule has 3 aliphatic heterocycles. The second-order valence-electron chi connectivity index (χ2n) is 19.1. The number of primary amides is 1. The Morgan fingerprint density at radius 3 is 2.32 bits per heavy atom. The van der Waals surface area contributed by atoms with Crippen LogP contribution in [0.15, 0.2) is 67.0 Å². The van der Waals surface area contributed by atoms with Crippen molar-refractivity contribution in [1.82, 2.24) is 25.1 Å². The van der Waals surface area contributed by atoms with E-state index in [0.717, 1.165) is 73.7 Å². The summed E-state index contributed by atoms with van der Waals surface area (Å²) in [6.07, 6.45) is 6.84. The van der Waals surface area contributed by atoms with E-state index in [-0.39, 0.29) is 53.0 Å². The molecule has 326 valence electrons. The highest BCUT2D eigenvalue weighted by molar-refractivity contribution is 6.23. The van der Waals surface area contributed by atoms with Gasteiger partial charge in [0.25, 0.3) is 11.8 Å². The molecular formula is C48H52N8O7. The maximum absolute atomic E-state index is 13.5. The normalized spacial score (nSPS) is 25.2. The third kappa shape index (κ3) is 7.53. The summed E-state index contributed by atoms with van der Waals surface area (Å²) in [5, 5.41) is 12.8. The third-order valence-electron chi connectivity index (χ3n) is 14.1. The second kappa shape index (κ2) is 16.1. The van der Waals surface area contributed by atoms with E-state index in [1.165, 1.54) is 0 Å². The molecule has 2 aromatic carbocycles. The molecule has 4 aromatic rings. The maximum Gasteiger partial charge on any atom is 0.262 e. The molecule has 15 nitrogen and oxygen atoms in total. The van der Waals surface area contributed by atoms with Crippen LogP contribution in [0.2, 0.25) is 0 Å². The minimum atomic E-state index is -1.03. The lowest BCUT2D eigenvalue weighted by Crippen LogP contribution is -2.75. The zero-order valence-corrected chi connectivity index (χ0v) is 36.0. The zero-order chi connectivity index (χ0) is 44.4. The average molecular weight is 853 g/mol. The Balaban J connectivity index is 0.891. The molecule has 5 aliphatic rings. The van der Waals surface area contributed by atoms with Crippen molar-refractivity contribution in [3.05, 3.63) is 89.2 Å². The highest BCUT2D eigenvalue weighted by Crippen LogP contribution is 2.59. The Bertz CT molecular complexity index is 2540. The van der Waals surface area contributed by atoms with Crippen LogP contribution < -0.4 is 25.4 Å². The van der Waals surface area contributed by atoms with E-state index in [2.05, 4.69) is 58.8 Å². The number of ether oxygens (including phenoxy) is 2. The summed E-state index contributed by atoms with van der Waals surface area (Å²) in [4.78, 5) is 77.6. The minimum Gasteiger partial charge on any atom is -0.490 e. The predicted octanol–water partition coefficient (Wildman–Crippen LogP) is 5.26. The van der Waals surface area contributed by atoms with E-state index in [1.807, 2.05) is 24.3 Å². The van der Waals surface area contributed by atoms with Gasteiger partial charge in [-0.2, -0.15) is 5.26 Å². The number of hydrogen-bond donors (Lipinski definition) is 2. The van der Waals surface area contributed by atoms with Gasteiger partial charge in [0.05, 0.1) is 33.9 Å². The minimum absolute atomic E-state index is 0.0587. The quantitative estimate of drug-likeness (QED) is 0.176. The fourth-order valence-corrected chi connectivity index (χ4v) is 11.5. The van der Waals surface area contributed by atoms with Crippen molar-refractivity contribution in [3.8, 4) is 17.6 Å². The molecule has 0 bridgehead atoms.